The van der Waals surface area contributed by atoms with E-state index in [0.29, 0.717) is 12.5 Å². The fraction of sp³-hybridized carbons (Fsp3) is 0.545. The van der Waals surface area contributed by atoms with Crippen LogP contribution in [0.3, 0.4) is 0 Å². The lowest BCUT2D eigenvalue weighted by atomic mass is 9.85. The van der Waals surface area contributed by atoms with Crippen LogP contribution in [-0.2, 0) is 11.2 Å². The molecule has 1 aromatic carbocycles. The Morgan fingerprint density at radius 2 is 2.07 bits per heavy atom. The standard InChI is InChI=1S/C22H29N3O2/c26-22(27)21(18-9-10-23-13-18)12-16-5-4-6-17(11-16)19-14-24-25(15-19)20-7-2-1-3-8-20/h4-6,11,14-15,18,20-21,23H,1-3,7-10,12-13H2,(H,26,27)/t18-,21-/m0/s1. The van der Waals surface area contributed by atoms with Crippen LogP contribution in [0.1, 0.15) is 50.1 Å². The van der Waals surface area contributed by atoms with Gasteiger partial charge in [0, 0.05) is 11.8 Å². The maximum Gasteiger partial charge on any atom is 0.307 e. The highest BCUT2D eigenvalue weighted by molar-refractivity contribution is 5.71. The van der Waals surface area contributed by atoms with E-state index in [1.165, 1.54) is 32.1 Å². The van der Waals surface area contributed by atoms with Crippen molar-refractivity contribution >= 4 is 5.97 Å². The molecule has 1 saturated heterocycles. The van der Waals surface area contributed by atoms with Gasteiger partial charge in [-0.2, -0.15) is 5.10 Å². The Morgan fingerprint density at radius 1 is 1.22 bits per heavy atom. The second-order valence-electron chi connectivity index (χ2n) is 8.10. The number of rotatable bonds is 6. The molecule has 5 heteroatoms. The third kappa shape index (κ3) is 4.24. The van der Waals surface area contributed by atoms with Gasteiger partial charge in [0.1, 0.15) is 0 Å². The first-order chi connectivity index (χ1) is 13.2. The summed E-state index contributed by atoms with van der Waals surface area (Å²) in [6, 6.07) is 8.85. The zero-order chi connectivity index (χ0) is 18.6. The molecule has 1 aliphatic carbocycles. The number of carboxylic acids is 1. The monoisotopic (exact) mass is 367 g/mol. The number of aliphatic carboxylic acids is 1. The molecule has 144 valence electrons. The lowest BCUT2D eigenvalue weighted by molar-refractivity contribution is -0.143. The lowest BCUT2D eigenvalue weighted by Crippen LogP contribution is -2.27. The Morgan fingerprint density at radius 3 is 2.81 bits per heavy atom. The van der Waals surface area contributed by atoms with Crippen LogP contribution < -0.4 is 5.32 Å². The van der Waals surface area contributed by atoms with Crippen molar-refractivity contribution in [3.05, 3.63) is 42.2 Å². The summed E-state index contributed by atoms with van der Waals surface area (Å²) in [5.74, 6) is -0.778. The number of hydrogen-bond acceptors (Lipinski definition) is 3. The van der Waals surface area contributed by atoms with E-state index in [1.807, 2.05) is 18.3 Å². The van der Waals surface area contributed by atoms with Crippen LogP contribution in [0.15, 0.2) is 36.7 Å². The Balaban J connectivity index is 1.50. The van der Waals surface area contributed by atoms with Gasteiger partial charge in [-0.25, -0.2) is 0 Å². The van der Waals surface area contributed by atoms with Gasteiger partial charge < -0.3 is 10.4 Å². The van der Waals surface area contributed by atoms with Gasteiger partial charge in [0.25, 0.3) is 0 Å². The number of benzene rings is 1. The van der Waals surface area contributed by atoms with E-state index in [-0.39, 0.29) is 11.8 Å². The maximum atomic E-state index is 11.8. The second kappa shape index (κ2) is 8.26. The van der Waals surface area contributed by atoms with E-state index in [2.05, 4.69) is 33.4 Å². The lowest BCUT2D eigenvalue weighted by Gasteiger charge is -2.21. The summed E-state index contributed by atoms with van der Waals surface area (Å²) in [5.41, 5.74) is 3.34. The highest BCUT2D eigenvalue weighted by Crippen LogP contribution is 2.30. The van der Waals surface area contributed by atoms with Gasteiger partial charge in [-0.3, -0.25) is 9.48 Å². The molecule has 2 fully saturated rings. The largest absolute Gasteiger partial charge is 0.481 e. The number of aromatic nitrogens is 2. The van der Waals surface area contributed by atoms with E-state index in [9.17, 15) is 9.90 Å². The zero-order valence-electron chi connectivity index (χ0n) is 15.8. The Hall–Kier alpha value is -2.14. The van der Waals surface area contributed by atoms with Gasteiger partial charge >= 0.3 is 5.97 Å². The molecule has 1 aromatic heterocycles. The van der Waals surface area contributed by atoms with Gasteiger partial charge in [0.15, 0.2) is 0 Å². The predicted octanol–water partition coefficient (Wildman–Crippen LogP) is 3.91. The van der Waals surface area contributed by atoms with Gasteiger partial charge in [-0.15, -0.1) is 0 Å². The first-order valence-electron chi connectivity index (χ1n) is 10.3. The van der Waals surface area contributed by atoms with Crippen molar-refractivity contribution in [1.82, 2.24) is 15.1 Å². The summed E-state index contributed by atoms with van der Waals surface area (Å²) in [5, 5.41) is 17.6. The molecular formula is C22H29N3O2. The summed E-state index contributed by atoms with van der Waals surface area (Å²) in [6.07, 6.45) is 12.0. The van der Waals surface area contributed by atoms with E-state index in [1.54, 1.807) is 0 Å². The van der Waals surface area contributed by atoms with Crippen molar-refractivity contribution in [3.63, 3.8) is 0 Å². The highest BCUT2D eigenvalue weighted by Gasteiger charge is 2.30. The molecule has 0 bridgehead atoms. The van der Waals surface area contributed by atoms with E-state index in [4.69, 9.17) is 0 Å². The van der Waals surface area contributed by atoms with Crippen LogP contribution in [0.4, 0.5) is 0 Å². The minimum absolute atomic E-state index is 0.222. The summed E-state index contributed by atoms with van der Waals surface area (Å²) in [7, 11) is 0. The number of carboxylic acid groups (broad SMARTS) is 1. The Kier molecular flexibility index (Phi) is 5.58. The fourth-order valence-corrected chi connectivity index (χ4v) is 4.64. The van der Waals surface area contributed by atoms with Crippen molar-refractivity contribution in [3.8, 4) is 11.1 Å². The molecule has 2 aromatic rings. The van der Waals surface area contributed by atoms with Gasteiger partial charge in [0.2, 0.25) is 0 Å². The van der Waals surface area contributed by atoms with Crippen molar-refractivity contribution in [2.24, 2.45) is 11.8 Å². The van der Waals surface area contributed by atoms with Crippen molar-refractivity contribution in [1.29, 1.82) is 0 Å². The predicted molar refractivity (Wildman–Crippen MR) is 106 cm³/mol. The summed E-state index contributed by atoms with van der Waals surface area (Å²) < 4.78 is 2.13. The minimum Gasteiger partial charge on any atom is -0.481 e. The van der Waals surface area contributed by atoms with Crippen LogP contribution in [0.2, 0.25) is 0 Å². The van der Waals surface area contributed by atoms with E-state index < -0.39 is 5.97 Å². The molecule has 2 atom stereocenters. The van der Waals surface area contributed by atoms with Crippen LogP contribution in [0, 0.1) is 11.8 Å². The molecule has 5 nitrogen and oxygen atoms in total. The van der Waals surface area contributed by atoms with Crippen molar-refractivity contribution in [2.75, 3.05) is 13.1 Å². The summed E-state index contributed by atoms with van der Waals surface area (Å²) in [6.45, 7) is 1.74. The molecule has 0 spiro atoms. The number of nitrogens with zero attached hydrogens (tertiary/aromatic N) is 2. The molecule has 2 aliphatic rings. The third-order valence-electron chi connectivity index (χ3n) is 6.25. The summed E-state index contributed by atoms with van der Waals surface area (Å²) in [4.78, 5) is 11.8. The van der Waals surface area contributed by atoms with Crippen LogP contribution in [0.5, 0.6) is 0 Å². The molecule has 2 heterocycles. The first kappa shape index (κ1) is 18.2. The number of nitrogens with one attached hydrogen (secondary N) is 1. The van der Waals surface area contributed by atoms with E-state index >= 15 is 0 Å². The van der Waals surface area contributed by atoms with Gasteiger partial charge in [-0.1, -0.05) is 43.5 Å². The molecule has 0 radical (unpaired) electrons. The van der Waals surface area contributed by atoms with Gasteiger partial charge in [0.05, 0.1) is 18.2 Å². The molecule has 27 heavy (non-hydrogen) atoms. The summed E-state index contributed by atoms with van der Waals surface area (Å²) >= 11 is 0. The van der Waals surface area contributed by atoms with Crippen LogP contribution >= 0.6 is 0 Å². The average Bonchev–Trinajstić information content (AvgIpc) is 3.39. The average molecular weight is 367 g/mol. The molecular weight excluding hydrogens is 338 g/mol. The van der Waals surface area contributed by atoms with Crippen molar-refractivity contribution in [2.45, 2.75) is 51.0 Å². The minimum atomic E-state index is -0.681. The molecule has 2 N–H and O–H groups in total. The number of carbonyl (C=O) groups is 1. The maximum absolute atomic E-state index is 11.8. The SMILES string of the molecule is O=C(O)[C@@H](Cc1cccc(-c2cnn(C3CCCCC3)c2)c1)[C@H]1CCNC1. The molecule has 1 saturated carbocycles. The van der Waals surface area contributed by atoms with Crippen LogP contribution in [-0.4, -0.2) is 33.9 Å². The van der Waals surface area contributed by atoms with Crippen molar-refractivity contribution < 1.29 is 9.90 Å². The van der Waals surface area contributed by atoms with Crippen LogP contribution in [0.25, 0.3) is 11.1 Å². The molecule has 1 aliphatic heterocycles. The Labute approximate surface area is 160 Å². The first-order valence-corrected chi connectivity index (χ1v) is 10.3. The zero-order valence-corrected chi connectivity index (χ0v) is 15.8. The highest BCUT2D eigenvalue weighted by atomic mass is 16.4. The number of hydrogen-bond donors (Lipinski definition) is 2. The molecule has 4 rings (SSSR count). The second-order valence-corrected chi connectivity index (χ2v) is 8.10. The third-order valence-corrected chi connectivity index (χ3v) is 6.25. The fourth-order valence-electron chi connectivity index (χ4n) is 4.64. The Bertz CT molecular complexity index is 773. The van der Waals surface area contributed by atoms with E-state index in [0.717, 1.165) is 36.2 Å². The normalized spacial score (nSPS) is 22.0. The molecule has 0 amide bonds. The quantitative estimate of drug-likeness (QED) is 0.812. The smallest absolute Gasteiger partial charge is 0.307 e. The topological polar surface area (TPSA) is 67.1 Å². The molecule has 0 unspecified atom stereocenters. The van der Waals surface area contributed by atoms with Gasteiger partial charge in [-0.05, 0) is 55.8 Å².